The molecule has 0 bridgehead atoms. The SMILES string of the molecule is CCOC(=O)c1cncc(C=CCCl)c1. The molecule has 0 fully saturated rings. The van der Waals surface area contributed by atoms with Crippen molar-refractivity contribution in [3.05, 3.63) is 35.7 Å². The molecule has 80 valence electrons. The number of carbonyl (C=O) groups is 1. The topological polar surface area (TPSA) is 39.2 Å². The Balaban J connectivity index is 2.82. The molecule has 0 unspecified atom stereocenters. The Hall–Kier alpha value is -1.35. The van der Waals surface area contributed by atoms with Crippen molar-refractivity contribution in [3.8, 4) is 0 Å². The van der Waals surface area contributed by atoms with Crippen LogP contribution in [-0.2, 0) is 4.74 Å². The van der Waals surface area contributed by atoms with Crippen LogP contribution in [0.1, 0.15) is 22.8 Å². The number of hydrogen-bond donors (Lipinski definition) is 0. The maximum Gasteiger partial charge on any atom is 0.339 e. The fourth-order valence-electron chi connectivity index (χ4n) is 1.06. The monoisotopic (exact) mass is 225 g/mol. The molecule has 4 heteroatoms. The second-order valence-electron chi connectivity index (χ2n) is 2.78. The first kappa shape index (κ1) is 11.7. The van der Waals surface area contributed by atoms with Crippen molar-refractivity contribution in [2.75, 3.05) is 12.5 Å². The number of allylic oxidation sites excluding steroid dienone is 1. The first-order valence-electron chi connectivity index (χ1n) is 4.62. The van der Waals surface area contributed by atoms with E-state index in [2.05, 4.69) is 4.98 Å². The van der Waals surface area contributed by atoms with E-state index in [1.165, 1.54) is 6.20 Å². The van der Waals surface area contributed by atoms with E-state index in [4.69, 9.17) is 16.3 Å². The van der Waals surface area contributed by atoms with Gasteiger partial charge in [0, 0.05) is 18.3 Å². The summed E-state index contributed by atoms with van der Waals surface area (Å²) >= 11 is 5.50. The van der Waals surface area contributed by atoms with E-state index in [9.17, 15) is 4.79 Å². The molecular weight excluding hydrogens is 214 g/mol. The third-order valence-corrected chi connectivity index (χ3v) is 1.85. The Morgan fingerprint density at radius 3 is 3.07 bits per heavy atom. The van der Waals surface area contributed by atoms with Gasteiger partial charge in [0.25, 0.3) is 0 Å². The van der Waals surface area contributed by atoms with Crippen LogP contribution in [0.25, 0.3) is 6.08 Å². The molecule has 0 aliphatic carbocycles. The van der Waals surface area contributed by atoms with Crippen molar-refractivity contribution < 1.29 is 9.53 Å². The van der Waals surface area contributed by atoms with E-state index in [0.29, 0.717) is 18.1 Å². The minimum Gasteiger partial charge on any atom is -0.462 e. The number of alkyl halides is 1. The van der Waals surface area contributed by atoms with E-state index in [0.717, 1.165) is 5.56 Å². The van der Waals surface area contributed by atoms with Crippen molar-refractivity contribution in [1.29, 1.82) is 0 Å². The van der Waals surface area contributed by atoms with Crippen LogP contribution >= 0.6 is 11.6 Å². The lowest BCUT2D eigenvalue weighted by Crippen LogP contribution is -2.05. The standard InChI is InChI=1S/C11H12ClNO2/c1-2-15-11(14)10-6-9(4-3-5-12)7-13-8-10/h3-4,6-8H,2,5H2,1H3. The summed E-state index contributed by atoms with van der Waals surface area (Å²) in [5.41, 5.74) is 1.29. The molecule has 3 nitrogen and oxygen atoms in total. The summed E-state index contributed by atoms with van der Waals surface area (Å²) in [5, 5.41) is 0. The predicted octanol–water partition coefficient (Wildman–Crippen LogP) is 2.51. The van der Waals surface area contributed by atoms with Gasteiger partial charge in [-0.15, -0.1) is 11.6 Å². The van der Waals surface area contributed by atoms with Gasteiger partial charge in [0.2, 0.25) is 0 Å². The van der Waals surface area contributed by atoms with Crippen molar-refractivity contribution in [3.63, 3.8) is 0 Å². The molecule has 1 heterocycles. The molecule has 0 aromatic carbocycles. The third-order valence-electron chi connectivity index (χ3n) is 1.67. The number of rotatable bonds is 4. The van der Waals surface area contributed by atoms with Crippen LogP contribution in [-0.4, -0.2) is 23.4 Å². The van der Waals surface area contributed by atoms with E-state index in [1.807, 2.05) is 6.08 Å². The summed E-state index contributed by atoms with van der Waals surface area (Å²) in [5.74, 6) is 0.0787. The van der Waals surface area contributed by atoms with Crippen LogP contribution < -0.4 is 0 Å². The van der Waals surface area contributed by atoms with Crippen LogP contribution in [0.2, 0.25) is 0 Å². The molecular formula is C11H12ClNO2. The van der Waals surface area contributed by atoms with Gasteiger partial charge in [-0.2, -0.15) is 0 Å². The maximum atomic E-state index is 11.4. The van der Waals surface area contributed by atoms with Gasteiger partial charge in [-0.25, -0.2) is 4.79 Å². The van der Waals surface area contributed by atoms with Gasteiger partial charge in [0.05, 0.1) is 12.2 Å². The number of halogens is 1. The quantitative estimate of drug-likeness (QED) is 0.584. The zero-order chi connectivity index (χ0) is 11.1. The second kappa shape index (κ2) is 6.19. The molecule has 0 radical (unpaired) electrons. The number of hydrogen-bond acceptors (Lipinski definition) is 3. The van der Waals surface area contributed by atoms with Crippen molar-refractivity contribution >= 4 is 23.6 Å². The summed E-state index contributed by atoms with van der Waals surface area (Å²) in [7, 11) is 0. The van der Waals surface area contributed by atoms with Crippen molar-refractivity contribution in [1.82, 2.24) is 4.98 Å². The highest BCUT2D eigenvalue weighted by molar-refractivity contribution is 6.19. The molecule has 0 aliphatic rings. The Morgan fingerprint density at radius 2 is 2.40 bits per heavy atom. The van der Waals surface area contributed by atoms with Gasteiger partial charge in [-0.05, 0) is 18.6 Å². The average molecular weight is 226 g/mol. The summed E-state index contributed by atoms with van der Waals surface area (Å²) in [6.45, 7) is 2.13. The van der Waals surface area contributed by atoms with Crippen molar-refractivity contribution in [2.45, 2.75) is 6.92 Å². The van der Waals surface area contributed by atoms with Crippen LogP contribution in [0, 0.1) is 0 Å². The first-order chi connectivity index (χ1) is 7.27. The predicted molar refractivity (Wildman–Crippen MR) is 59.9 cm³/mol. The van der Waals surface area contributed by atoms with Crippen LogP contribution in [0.15, 0.2) is 24.5 Å². The van der Waals surface area contributed by atoms with Crippen molar-refractivity contribution in [2.24, 2.45) is 0 Å². The zero-order valence-corrected chi connectivity index (χ0v) is 9.20. The Morgan fingerprint density at radius 1 is 1.60 bits per heavy atom. The molecule has 1 aromatic heterocycles. The number of aromatic nitrogens is 1. The van der Waals surface area contributed by atoms with Crippen LogP contribution in [0.5, 0.6) is 0 Å². The number of nitrogens with zero attached hydrogens (tertiary/aromatic N) is 1. The first-order valence-corrected chi connectivity index (χ1v) is 5.16. The fourth-order valence-corrected chi connectivity index (χ4v) is 1.14. The highest BCUT2D eigenvalue weighted by Crippen LogP contribution is 2.06. The van der Waals surface area contributed by atoms with Crippen LogP contribution in [0.4, 0.5) is 0 Å². The van der Waals surface area contributed by atoms with Gasteiger partial charge in [-0.3, -0.25) is 4.98 Å². The lowest BCUT2D eigenvalue weighted by atomic mass is 10.2. The van der Waals surface area contributed by atoms with Gasteiger partial charge in [-0.1, -0.05) is 12.2 Å². The normalized spacial score (nSPS) is 10.5. The molecule has 0 atom stereocenters. The lowest BCUT2D eigenvalue weighted by Gasteiger charge is -2.01. The number of pyridine rings is 1. The molecule has 0 aliphatic heterocycles. The maximum absolute atomic E-state index is 11.4. The van der Waals surface area contributed by atoms with Gasteiger partial charge < -0.3 is 4.74 Å². The van der Waals surface area contributed by atoms with Gasteiger partial charge in [0.15, 0.2) is 0 Å². The highest BCUT2D eigenvalue weighted by Gasteiger charge is 2.06. The van der Waals surface area contributed by atoms with E-state index in [-0.39, 0.29) is 5.97 Å². The fraction of sp³-hybridized carbons (Fsp3) is 0.273. The largest absolute Gasteiger partial charge is 0.462 e. The third kappa shape index (κ3) is 3.72. The smallest absolute Gasteiger partial charge is 0.339 e. The minimum atomic E-state index is -0.355. The highest BCUT2D eigenvalue weighted by atomic mass is 35.5. The molecule has 0 N–H and O–H groups in total. The molecule has 0 saturated heterocycles. The summed E-state index contributed by atoms with van der Waals surface area (Å²) < 4.78 is 4.86. The Labute approximate surface area is 93.7 Å². The minimum absolute atomic E-state index is 0.355. The van der Waals surface area contributed by atoms with Gasteiger partial charge >= 0.3 is 5.97 Å². The van der Waals surface area contributed by atoms with E-state index in [1.54, 1.807) is 25.3 Å². The Kier molecular flexibility index (Phi) is 4.84. The Bertz CT molecular complexity index is 363. The molecule has 0 spiro atoms. The number of ether oxygens (including phenoxy) is 1. The average Bonchev–Trinajstić information content (AvgIpc) is 2.27. The molecule has 0 amide bonds. The van der Waals surface area contributed by atoms with E-state index < -0.39 is 0 Å². The summed E-state index contributed by atoms with van der Waals surface area (Å²) in [6.07, 6.45) is 6.73. The van der Waals surface area contributed by atoms with E-state index >= 15 is 0 Å². The number of esters is 1. The molecule has 0 saturated carbocycles. The molecule has 1 aromatic rings. The second-order valence-corrected chi connectivity index (χ2v) is 3.09. The lowest BCUT2D eigenvalue weighted by molar-refractivity contribution is 0.0526. The van der Waals surface area contributed by atoms with Gasteiger partial charge in [0.1, 0.15) is 0 Å². The summed E-state index contributed by atoms with van der Waals surface area (Å²) in [6, 6.07) is 1.72. The van der Waals surface area contributed by atoms with Crippen LogP contribution in [0.3, 0.4) is 0 Å². The number of carbonyl (C=O) groups excluding carboxylic acids is 1. The molecule has 1 rings (SSSR count). The summed E-state index contributed by atoms with van der Waals surface area (Å²) in [4.78, 5) is 15.3. The zero-order valence-electron chi connectivity index (χ0n) is 8.44. The molecule has 15 heavy (non-hydrogen) atoms.